The zero-order valence-corrected chi connectivity index (χ0v) is 18.1. The summed E-state index contributed by atoms with van der Waals surface area (Å²) >= 11 is 0. The van der Waals surface area contributed by atoms with Gasteiger partial charge >= 0.3 is 0 Å². The van der Waals surface area contributed by atoms with Crippen LogP contribution in [0.1, 0.15) is 5.56 Å². The number of thiol groups is 1. The van der Waals surface area contributed by atoms with Gasteiger partial charge in [-0.05, 0) is 35.9 Å². The van der Waals surface area contributed by atoms with Gasteiger partial charge in [0.05, 0.1) is 5.69 Å². The fourth-order valence-corrected chi connectivity index (χ4v) is 4.61. The number of benzene rings is 3. The summed E-state index contributed by atoms with van der Waals surface area (Å²) in [5.74, 6) is -0.459. The van der Waals surface area contributed by atoms with Crippen molar-refractivity contribution in [1.82, 2.24) is 0 Å². The lowest BCUT2D eigenvalue weighted by Gasteiger charge is -2.16. The molecule has 32 heavy (non-hydrogen) atoms. The second-order valence-electron chi connectivity index (χ2n) is 6.80. The van der Waals surface area contributed by atoms with Gasteiger partial charge in [-0.2, -0.15) is 0 Å². The number of nitrogens with two attached hydrogens (primary N) is 1. The predicted octanol–water partition coefficient (Wildman–Crippen LogP) is 3.89. The Kier molecular flexibility index (Phi) is 5.83. The number of halogens is 1. The average molecular weight is 473 g/mol. The second-order valence-corrected chi connectivity index (χ2v) is 9.21. The molecular weight excluding hydrogens is 455 g/mol. The van der Waals surface area contributed by atoms with Crippen LogP contribution in [0.25, 0.3) is 28.4 Å². The molecule has 1 heterocycles. The van der Waals surface area contributed by atoms with Crippen LogP contribution < -0.4 is 9.44 Å². The largest absolute Gasteiger partial charge is 0.456 e. The maximum atomic E-state index is 14.1. The zero-order chi connectivity index (χ0) is 22.9. The Hall–Kier alpha value is -3.47. The number of rotatable bonds is 6. The Morgan fingerprint density at radius 3 is 2.34 bits per heavy atom. The summed E-state index contributed by atoms with van der Waals surface area (Å²) in [5, 5.41) is 6.05. The third kappa shape index (κ3) is 4.42. The molecule has 164 valence electrons. The van der Waals surface area contributed by atoms with Crippen molar-refractivity contribution in [2.75, 3.05) is 4.31 Å². The normalized spacial score (nSPS) is 12.1. The SMILES string of the molecule is NS(=O)(=O)c1c(F)cccc1N(C=Cc1ccc(-c2cc3ccccc3o2)cc1)[SH](=O)=O. The maximum absolute atomic E-state index is 14.1. The van der Waals surface area contributed by atoms with Gasteiger partial charge in [-0.1, -0.05) is 48.5 Å². The van der Waals surface area contributed by atoms with E-state index >= 15 is 0 Å². The molecule has 0 radical (unpaired) electrons. The van der Waals surface area contributed by atoms with Gasteiger partial charge in [-0.25, -0.2) is 30.7 Å². The van der Waals surface area contributed by atoms with E-state index in [1.807, 2.05) is 30.3 Å². The van der Waals surface area contributed by atoms with Gasteiger partial charge in [-0.3, -0.25) is 0 Å². The molecule has 0 unspecified atom stereocenters. The number of para-hydroxylation sites is 1. The predicted molar refractivity (Wildman–Crippen MR) is 121 cm³/mol. The molecule has 0 saturated carbocycles. The molecule has 0 atom stereocenters. The highest BCUT2D eigenvalue weighted by Crippen LogP contribution is 2.29. The van der Waals surface area contributed by atoms with Crippen LogP contribution in [0, 0.1) is 5.82 Å². The summed E-state index contributed by atoms with van der Waals surface area (Å²) in [7, 11) is -7.82. The van der Waals surface area contributed by atoms with Gasteiger partial charge in [0.1, 0.15) is 22.1 Å². The van der Waals surface area contributed by atoms with Gasteiger partial charge in [0.2, 0.25) is 20.9 Å². The van der Waals surface area contributed by atoms with Crippen molar-refractivity contribution in [1.29, 1.82) is 0 Å². The molecule has 10 heteroatoms. The molecule has 0 amide bonds. The molecule has 3 aromatic carbocycles. The van der Waals surface area contributed by atoms with E-state index in [0.717, 1.165) is 34.9 Å². The van der Waals surface area contributed by atoms with Crippen LogP contribution in [0.5, 0.6) is 0 Å². The molecule has 2 N–H and O–H groups in total. The van der Waals surface area contributed by atoms with Crippen molar-refractivity contribution in [3.8, 4) is 11.3 Å². The van der Waals surface area contributed by atoms with Crippen molar-refractivity contribution in [2.45, 2.75) is 4.90 Å². The van der Waals surface area contributed by atoms with Crippen molar-refractivity contribution in [3.05, 3.63) is 90.4 Å². The van der Waals surface area contributed by atoms with Gasteiger partial charge < -0.3 is 4.42 Å². The fourth-order valence-electron chi connectivity index (χ4n) is 3.22. The van der Waals surface area contributed by atoms with E-state index in [-0.39, 0.29) is 0 Å². The van der Waals surface area contributed by atoms with Crippen molar-refractivity contribution < 1.29 is 25.6 Å². The van der Waals surface area contributed by atoms with Crippen LogP contribution in [0.15, 0.2) is 88.3 Å². The Labute approximate surface area is 185 Å². The van der Waals surface area contributed by atoms with Crippen LogP contribution in [-0.4, -0.2) is 16.8 Å². The fraction of sp³-hybridized carbons (Fsp3) is 0. The van der Waals surface area contributed by atoms with Crippen molar-refractivity contribution in [3.63, 3.8) is 0 Å². The lowest BCUT2D eigenvalue weighted by molar-refractivity contribution is 0.568. The molecule has 7 nitrogen and oxygen atoms in total. The molecule has 0 aliphatic heterocycles. The van der Waals surface area contributed by atoms with Gasteiger partial charge in [-0.15, -0.1) is 0 Å². The number of fused-ring (bicyclic) bond motifs is 1. The number of hydrogen-bond acceptors (Lipinski definition) is 5. The minimum Gasteiger partial charge on any atom is -0.456 e. The molecule has 0 spiro atoms. The van der Waals surface area contributed by atoms with E-state index in [1.165, 1.54) is 12.1 Å². The number of hydrogen-bond donors (Lipinski definition) is 2. The first kappa shape index (κ1) is 21.8. The van der Waals surface area contributed by atoms with E-state index in [1.54, 1.807) is 24.3 Å². The molecular formula is C22H17FN2O5S2. The Bertz CT molecular complexity index is 1470. The van der Waals surface area contributed by atoms with Gasteiger partial charge in [0.15, 0.2) is 0 Å². The number of sulfonamides is 1. The van der Waals surface area contributed by atoms with E-state index in [9.17, 15) is 21.2 Å². The molecule has 0 saturated heterocycles. The molecule has 0 aliphatic rings. The summed E-state index contributed by atoms with van der Waals surface area (Å²) in [5.41, 5.74) is 1.81. The topological polar surface area (TPSA) is 111 Å². The first-order chi connectivity index (χ1) is 15.2. The molecule has 1 aromatic heterocycles. The summed E-state index contributed by atoms with van der Waals surface area (Å²) in [6.07, 6.45) is 2.58. The van der Waals surface area contributed by atoms with Crippen LogP contribution in [0.2, 0.25) is 0 Å². The van der Waals surface area contributed by atoms with Gasteiger partial charge in [0.25, 0.3) is 0 Å². The van der Waals surface area contributed by atoms with Crippen LogP contribution >= 0.6 is 0 Å². The Morgan fingerprint density at radius 2 is 1.69 bits per heavy atom. The molecule has 0 bridgehead atoms. The summed E-state index contributed by atoms with van der Waals surface area (Å²) < 4.78 is 67.7. The molecule has 0 fully saturated rings. The van der Waals surface area contributed by atoms with Crippen molar-refractivity contribution in [2.24, 2.45) is 5.14 Å². The Morgan fingerprint density at radius 1 is 0.969 bits per heavy atom. The highest BCUT2D eigenvalue weighted by Gasteiger charge is 2.23. The van der Waals surface area contributed by atoms with Crippen LogP contribution in [0.3, 0.4) is 0 Å². The van der Waals surface area contributed by atoms with E-state index in [2.05, 4.69) is 0 Å². The molecule has 0 aliphatic carbocycles. The van der Waals surface area contributed by atoms with E-state index in [0.29, 0.717) is 15.6 Å². The summed E-state index contributed by atoms with van der Waals surface area (Å²) in [6.45, 7) is 0. The van der Waals surface area contributed by atoms with Gasteiger partial charge in [0, 0.05) is 17.1 Å². The standard InChI is InChI=1S/C22H17FN2O5S2/c23-18-5-3-6-19(22(18)32(24,28)29)25(31(26)27)13-12-15-8-10-16(11-9-15)21-14-17-4-1-2-7-20(17)30-21/h1-14,31H,(H2,24,28,29). The monoisotopic (exact) mass is 472 g/mol. The van der Waals surface area contributed by atoms with Crippen LogP contribution in [0.4, 0.5) is 10.1 Å². The first-order valence-electron chi connectivity index (χ1n) is 9.26. The van der Waals surface area contributed by atoms with E-state index < -0.39 is 37.3 Å². The number of anilines is 1. The third-order valence-electron chi connectivity index (χ3n) is 4.68. The molecule has 4 aromatic rings. The second kappa shape index (κ2) is 8.58. The number of primary sulfonamides is 1. The van der Waals surface area contributed by atoms with Crippen molar-refractivity contribution >= 4 is 43.6 Å². The highest BCUT2D eigenvalue weighted by molar-refractivity contribution is 7.89. The smallest absolute Gasteiger partial charge is 0.243 e. The first-order valence-corrected chi connectivity index (χ1v) is 11.9. The lowest BCUT2D eigenvalue weighted by atomic mass is 10.1. The lowest BCUT2D eigenvalue weighted by Crippen LogP contribution is -2.21. The minimum absolute atomic E-state index is 0.404. The average Bonchev–Trinajstić information content (AvgIpc) is 3.17. The number of furan rings is 1. The van der Waals surface area contributed by atoms with E-state index in [4.69, 9.17) is 9.56 Å². The van der Waals surface area contributed by atoms with Crippen LogP contribution in [-0.2, 0) is 20.9 Å². The minimum atomic E-state index is -4.50. The Balaban J connectivity index is 1.65. The zero-order valence-electron chi connectivity index (χ0n) is 16.4. The molecule has 4 rings (SSSR count). The summed E-state index contributed by atoms with van der Waals surface area (Å²) in [4.78, 5) is -0.899. The summed E-state index contributed by atoms with van der Waals surface area (Å²) in [6, 6.07) is 19.9. The number of nitrogens with zero attached hydrogens (tertiary/aromatic N) is 1. The third-order valence-corrected chi connectivity index (χ3v) is 6.36. The highest BCUT2D eigenvalue weighted by atomic mass is 32.2. The maximum Gasteiger partial charge on any atom is 0.243 e. The quantitative estimate of drug-likeness (QED) is 0.414.